The lowest BCUT2D eigenvalue weighted by Gasteiger charge is -2.19. The van der Waals surface area contributed by atoms with Crippen LogP contribution in [0.1, 0.15) is 11.1 Å². The van der Waals surface area contributed by atoms with E-state index < -0.39 is 11.6 Å². The first-order valence-electron chi connectivity index (χ1n) is 5.74. The Morgan fingerprint density at radius 2 is 1.95 bits per heavy atom. The number of pyridine rings is 1. The van der Waals surface area contributed by atoms with Crippen molar-refractivity contribution in [2.24, 2.45) is 0 Å². The minimum absolute atomic E-state index is 0.464. The van der Waals surface area contributed by atoms with E-state index in [0.29, 0.717) is 12.1 Å². The number of hydrogen-bond donors (Lipinski definition) is 0. The first kappa shape index (κ1) is 13.9. The molecule has 2 rings (SSSR count). The molecule has 0 radical (unpaired) electrons. The van der Waals surface area contributed by atoms with E-state index in [1.165, 1.54) is 6.07 Å². The van der Waals surface area contributed by atoms with Crippen molar-refractivity contribution in [2.45, 2.75) is 13.5 Å². The lowest BCUT2D eigenvalue weighted by Crippen LogP contribution is -2.18. The van der Waals surface area contributed by atoms with Crippen molar-refractivity contribution in [1.29, 1.82) is 0 Å². The molecule has 0 unspecified atom stereocenters. The van der Waals surface area contributed by atoms with Gasteiger partial charge in [0.1, 0.15) is 5.82 Å². The molecule has 0 bridgehead atoms. The molecule has 19 heavy (non-hydrogen) atoms. The quantitative estimate of drug-likeness (QED) is 0.845. The highest BCUT2D eigenvalue weighted by atomic mass is 79.9. The van der Waals surface area contributed by atoms with Gasteiger partial charge in [0.15, 0.2) is 11.6 Å². The fourth-order valence-corrected chi connectivity index (χ4v) is 1.94. The largest absolute Gasteiger partial charge is 0.355 e. The maximum atomic E-state index is 13.1. The Balaban J connectivity index is 2.17. The van der Waals surface area contributed by atoms with Crippen LogP contribution >= 0.6 is 15.9 Å². The van der Waals surface area contributed by atoms with Gasteiger partial charge in [-0.05, 0) is 52.2 Å². The number of anilines is 1. The predicted octanol–water partition coefficient (Wildman–Crippen LogP) is 4.07. The first-order valence-corrected chi connectivity index (χ1v) is 6.54. The third kappa shape index (κ3) is 3.29. The van der Waals surface area contributed by atoms with Crippen LogP contribution in [0.15, 0.2) is 34.9 Å². The minimum Gasteiger partial charge on any atom is -0.355 e. The second-order valence-electron chi connectivity index (χ2n) is 4.40. The second-order valence-corrected chi connectivity index (χ2v) is 5.25. The zero-order valence-electron chi connectivity index (χ0n) is 10.6. The van der Waals surface area contributed by atoms with Gasteiger partial charge in [-0.1, -0.05) is 6.07 Å². The minimum atomic E-state index is -0.830. The molecule has 0 aliphatic heterocycles. The van der Waals surface area contributed by atoms with Crippen molar-refractivity contribution >= 4 is 21.7 Å². The van der Waals surface area contributed by atoms with E-state index in [9.17, 15) is 8.78 Å². The molecule has 2 nitrogen and oxygen atoms in total. The number of hydrogen-bond acceptors (Lipinski definition) is 2. The van der Waals surface area contributed by atoms with Gasteiger partial charge >= 0.3 is 0 Å². The normalized spacial score (nSPS) is 10.6. The SMILES string of the molecule is Cc1cc(N(C)Cc2ccc(F)c(F)c2)ncc1Br. The summed E-state index contributed by atoms with van der Waals surface area (Å²) in [7, 11) is 1.86. The van der Waals surface area contributed by atoms with Crippen LogP contribution in [-0.2, 0) is 6.54 Å². The number of aromatic nitrogens is 1. The summed E-state index contributed by atoms with van der Waals surface area (Å²) in [5.74, 6) is -0.875. The Labute approximate surface area is 119 Å². The molecular weight excluding hydrogens is 314 g/mol. The first-order chi connectivity index (χ1) is 8.97. The Morgan fingerprint density at radius 3 is 2.58 bits per heavy atom. The molecule has 0 saturated heterocycles. The molecule has 0 fully saturated rings. The molecule has 2 aromatic rings. The highest BCUT2D eigenvalue weighted by molar-refractivity contribution is 9.10. The van der Waals surface area contributed by atoms with Crippen molar-refractivity contribution in [3.05, 3.63) is 57.7 Å². The summed E-state index contributed by atoms with van der Waals surface area (Å²) in [6, 6.07) is 5.85. The van der Waals surface area contributed by atoms with Gasteiger partial charge in [-0.15, -0.1) is 0 Å². The van der Waals surface area contributed by atoms with Gasteiger partial charge in [0.25, 0.3) is 0 Å². The number of halogens is 3. The van der Waals surface area contributed by atoms with Crippen LogP contribution in [-0.4, -0.2) is 12.0 Å². The monoisotopic (exact) mass is 326 g/mol. The molecule has 0 saturated carbocycles. The Bertz CT molecular complexity index is 602. The highest BCUT2D eigenvalue weighted by Crippen LogP contribution is 2.20. The number of benzene rings is 1. The summed E-state index contributed by atoms with van der Waals surface area (Å²) < 4.78 is 26.9. The third-order valence-corrected chi connectivity index (χ3v) is 3.66. The van der Waals surface area contributed by atoms with Crippen molar-refractivity contribution in [3.8, 4) is 0 Å². The molecule has 0 amide bonds. The average molecular weight is 327 g/mol. The van der Waals surface area contributed by atoms with Gasteiger partial charge in [-0.2, -0.15) is 0 Å². The van der Waals surface area contributed by atoms with Gasteiger partial charge in [0.2, 0.25) is 0 Å². The van der Waals surface area contributed by atoms with E-state index >= 15 is 0 Å². The Kier molecular flexibility index (Phi) is 4.14. The lowest BCUT2D eigenvalue weighted by atomic mass is 10.2. The number of rotatable bonds is 3. The molecular formula is C14H13BrF2N2. The van der Waals surface area contributed by atoms with Gasteiger partial charge in [-0.3, -0.25) is 0 Å². The van der Waals surface area contributed by atoms with E-state index in [-0.39, 0.29) is 0 Å². The average Bonchev–Trinajstić information content (AvgIpc) is 2.37. The molecule has 0 spiro atoms. The second kappa shape index (κ2) is 5.65. The van der Waals surface area contributed by atoms with Crippen LogP contribution < -0.4 is 4.90 Å². The van der Waals surface area contributed by atoms with Crippen molar-refractivity contribution in [3.63, 3.8) is 0 Å². The fraction of sp³-hybridized carbons (Fsp3) is 0.214. The van der Waals surface area contributed by atoms with Crippen molar-refractivity contribution in [1.82, 2.24) is 4.98 Å². The molecule has 100 valence electrons. The zero-order chi connectivity index (χ0) is 14.0. The molecule has 0 N–H and O–H groups in total. The maximum Gasteiger partial charge on any atom is 0.159 e. The maximum absolute atomic E-state index is 13.1. The van der Waals surface area contributed by atoms with Crippen LogP contribution in [0.2, 0.25) is 0 Å². The summed E-state index contributed by atoms with van der Waals surface area (Å²) in [5, 5.41) is 0. The van der Waals surface area contributed by atoms with Crippen LogP contribution in [0.4, 0.5) is 14.6 Å². The Hall–Kier alpha value is -1.49. The van der Waals surface area contributed by atoms with Crippen LogP contribution in [0.5, 0.6) is 0 Å². The van der Waals surface area contributed by atoms with Gasteiger partial charge < -0.3 is 4.90 Å². The molecule has 0 atom stereocenters. The van der Waals surface area contributed by atoms with Crippen LogP contribution in [0.3, 0.4) is 0 Å². The topological polar surface area (TPSA) is 16.1 Å². The molecule has 0 aliphatic carbocycles. The fourth-order valence-electron chi connectivity index (χ4n) is 1.73. The van der Waals surface area contributed by atoms with Gasteiger partial charge in [-0.25, -0.2) is 13.8 Å². The van der Waals surface area contributed by atoms with Crippen molar-refractivity contribution in [2.75, 3.05) is 11.9 Å². The summed E-state index contributed by atoms with van der Waals surface area (Å²) in [6.45, 7) is 2.44. The lowest BCUT2D eigenvalue weighted by molar-refractivity contribution is 0.507. The van der Waals surface area contributed by atoms with E-state index in [0.717, 1.165) is 21.9 Å². The summed E-state index contributed by atoms with van der Waals surface area (Å²) >= 11 is 3.39. The summed E-state index contributed by atoms with van der Waals surface area (Å²) in [5.41, 5.74) is 1.77. The van der Waals surface area contributed by atoms with E-state index in [4.69, 9.17) is 0 Å². The molecule has 1 aromatic heterocycles. The smallest absolute Gasteiger partial charge is 0.159 e. The number of aryl methyl sites for hydroxylation is 1. The molecule has 1 heterocycles. The molecule has 1 aromatic carbocycles. The van der Waals surface area contributed by atoms with Gasteiger partial charge in [0.05, 0.1) is 0 Å². The highest BCUT2D eigenvalue weighted by Gasteiger charge is 2.08. The van der Waals surface area contributed by atoms with E-state index in [1.54, 1.807) is 12.3 Å². The van der Waals surface area contributed by atoms with Crippen molar-refractivity contribution < 1.29 is 8.78 Å². The van der Waals surface area contributed by atoms with E-state index in [1.807, 2.05) is 24.9 Å². The summed E-state index contributed by atoms with van der Waals surface area (Å²) in [4.78, 5) is 6.17. The third-order valence-electron chi connectivity index (χ3n) is 2.83. The van der Waals surface area contributed by atoms with Gasteiger partial charge in [0, 0.05) is 24.3 Å². The summed E-state index contributed by atoms with van der Waals surface area (Å²) in [6.07, 6.45) is 1.73. The molecule has 0 aliphatic rings. The Morgan fingerprint density at radius 1 is 1.21 bits per heavy atom. The van der Waals surface area contributed by atoms with Crippen LogP contribution in [0, 0.1) is 18.6 Å². The standard InChI is InChI=1S/C14H13BrF2N2/c1-9-5-14(18-7-11(9)15)19(2)8-10-3-4-12(16)13(17)6-10/h3-7H,8H2,1-2H3. The van der Waals surface area contributed by atoms with Crippen LogP contribution in [0.25, 0.3) is 0 Å². The number of nitrogens with zero attached hydrogens (tertiary/aromatic N) is 2. The molecule has 5 heteroatoms. The van der Waals surface area contributed by atoms with E-state index in [2.05, 4.69) is 20.9 Å². The zero-order valence-corrected chi connectivity index (χ0v) is 12.2. The predicted molar refractivity (Wildman–Crippen MR) is 75.1 cm³/mol.